The van der Waals surface area contributed by atoms with Gasteiger partial charge in [0.05, 0.1) is 12.8 Å². The van der Waals surface area contributed by atoms with Crippen LogP contribution >= 0.6 is 0 Å². The Morgan fingerprint density at radius 2 is 2.12 bits per heavy atom. The Morgan fingerprint density at radius 3 is 2.75 bits per heavy atom. The molecule has 0 bridgehead atoms. The van der Waals surface area contributed by atoms with Gasteiger partial charge in [-0.05, 0) is 43.9 Å². The second-order valence-electron chi connectivity index (χ2n) is 6.49. The van der Waals surface area contributed by atoms with Crippen molar-refractivity contribution in [2.45, 2.75) is 39.7 Å². The third-order valence-corrected chi connectivity index (χ3v) is 4.23. The van der Waals surface area contributed by atoms with E-state index in [9.17, 15) is 9.59 Å². The van der Waals surface area contributed by atoms with Gasteiger partial charge in [-0.15, -0.1) is 0 Å². The number of rotatable bonds is 5. The number of nitrogens with one attached hydrogen (secondary N) is 2. The summed E-state index contributed by atoms with van der Waals surface area (Å²) in [6.45, 7) is 7.12. The maximum Gasteiger partial charge on any atom is 0.244 e. The molecule has 1 aromatic rings. The molecular weight excluding hydrogens is 306 g/mol. The van der Waals surface area contributed by atoms with E-state index in [1.54, 1.807) is 25.3 Å². The van der Waals surface area contributed by atoms with E-state index in [1.807, 2.05) is 11.8 Å². The molecule has 0 radical (unpaired) electrons. The van der Waals surface area contributed by atoms with Crippen LogP contribution in [0.3, 0.4) is 0 Å². The van der Waals surface area contributed by atoms with Gasteiger partial charge in [-0.1, -0.05) is 6.92 Å². The van der Waals surface area contributed by atoms with Crippen LogP contribution in [0.5, 0.6) is 5.75 Å². The van der Waals surface area contributed by atoms with Crippen molar-refractivity contribution in [1.82, 2.24) is 4.90 Å². The zero-order valence-corrected chi connectivity index (χ0v) is 14.9. The summed E-state index contributed by atoms with van der Waals surface area (Å²) in [4.78, 5) is 25.8. The van der Waals surface area contributed by atoms with E-state index in [2.05, 4.69) is 17.6 Å². The van der Waals surface area contributed by atoms with Crippen LogP contribution in [0.25, 0.3) is 0 Å². The maximum absolute atomic E-state index is 12.7. The lowest BCUT2D eigenvalue weighted by molar-refractivity contribution is -0.133. The number of benzene rings is 1. The van der Waals surface area contributed by atoms with Crippen LogP contribution in [-0.2, 0) is 9.59 Å². The minimum absolute atomic E-state index is 0.0912. The Hall–Kier alpha value is -2.24. The molecule has 0 aromatic heterocycles. The summed E-state index contributed by atoms with van der Waals surface area (Å²) < 4.78 is 5.35. The minimum atomic E-state index is -0.364. The smallest absolute Gasteiger partial charge is 0.244 e. The van der Waals surface area contributed by atoms with Crippen molar-refractivity contribution in [2.24, 2.45) is 5.92 Å². The fourth-order valence-electron chi connectivity index (χ4n) is 3.06. The predicted octanol–water partition coefficient (Wildman–Crippen LogP) is 2.71. The largest absolute Gasteiger partial charge is 0.495 e. The van der Waals surface area contributed by atoms with Gasteiger partial charge in [0.15, 0.2) is 0 Å². The molecule has 1 fully saturated rings. The van der Waals surface area contributed by atoms with E-state index in [-0.39, 0.29) is 17.9 Å². The van der Waals surface area contributed by atoms with E-state index in [4.69, 9.17) is 4.74 Å². The number of carbonyl (C=O) groups excluding carboxylic acids is 2. The first-order valence-electron chi connectivity index (χ1n) is 8.41. The van der Waals surface area contributed by atoms with Crippen molar-refractivity contribution < 1.29 is 14.3 Å². The van der Waals surface area contributed by atoms with Crippen molar-refractivity contribution in [1.29, 1.82) is 0 Å². The highest BCUT2D eigenvalue weighted by Crippen LogP contribution is 2.29. The number of amides is 2. The summed E-state index contributed by atoms with van der Waals surface area (Å²) in [6, 6.07) is 4.96. The van der Waals surface area contributed by atoms with Gasteiger partial charge in [-0.3, -0.25) is 9.59 Å². The van der Waals surface area contributed by atoms with Crippen LogP contribution < -0.4 is 15.4 Å². The molecule has 2 atom stereocenters. The van der Waals surface area contributed by atoms with Gasteiger partial charge < -0.3 is 20.3 Å². The Bertz CT molecular complexity index is 603. The molecule has 1 saturated heterocycles. The van der Waals surface area contributed by atoms with Crippen molar-refractivity contribution in [3.8, 4) is 5.75 Å². The third-order valence-electron chi connectivity index (χ3n) is 4.23. The second-order valence-corrected chi connectivity index (χ2v) is 6.49. The van der Waals surface area contributed by atoms with Crippen molar-refractivity contribution >= 4 is 23.2 Å². The molecule has 6 nitrogen and oxygen atoms in total. The van der Waals surface area contributed by atoms with Crippen LogP contribution in [0.2, 0.25) is 0 Å². The van der Waals surface area contributed by atoms with Gasteiger partial charge >= 0.3 is 0 Å². The highest BCUT2D eigenvalue weighted by Gasteiger charge is 2.25. The first kappa shape index (κ1) is 18.1. The molecule has 0 saturated carbocycles. The Morgan fingerprint density at radius 1 is 1.38 bits per heavy atom. The third kappa shape index (κ3) is 4.63. The summed E-state index contributed by atoms with van der Waals surface area (Å²) in [5.41, 5.74) is 1.35. The SMILES string of the molecule is COc1ccc(NC(C)=O)cc1NC(C)C(=O)N1CCCC(C)C1. The number of hydrogen-bond acceptors (Lipinski definition) is 4. The number of methoxy groups -OCH3 is 1. The fraction of sp³-hybridized carbons (Fsp3) is 0.556. The Balaban J connectivity index is 2.10. The monoisotopic (exact) mass is 333 g/mol. The van der Waals surface area contributed by atoms with Crippen LogP contribution in [0.1, 0.15) is 33.6 Å². The second kappa shape index (κ2) is 8.04. The zero-order valence-electron chi connectivity index (χ0n) is 14.9. The number of hydrogen-bond donors (Lipinski definition) is 2. The topological polar surface area (TPSA) is 70.7 Å². The lowest BCUT2D eigenvalue weighted by atomic mass is 10.00. The summed E-state index contributed by atoms with van der Waals surface area (Å²) >= 11 is 0. The average Bonchev–Trinajstić information content (AvgIpc) is 2.54. The van der Waals surface area contributed by atoms with Gasteiger partial charge in [-0.25, -0.2) is 0 Å². The predicted molar refractivity (Wildman–Crippen MR) is 95.4 cm³/mol. The minimum Gasteiger partial charge on any atom is -0.495 e. The van der Waals surface area contributed by atoms with Crippen molar-refractivity contribution in [2.75, 3.05) is 30.8 Å². The first-order chi connectivity index (χ1) is 11.4. The van der Waals surface area contributed by atoms with Gasteiger partial charge in [0.2, 0.25) is 11.8 Å². The van der Waals surface area contributed by atoms with Gasteiger partial charge in [0.1, 0.15) is 11.8 Å². The standard InChI is InChI=1S/C18H27N3O3/c1-12-6-5-9-21(11-12)18(23)13(2)19-16-10-15(20-14(3)22)7-8-17(16)24-4/h7-8,10,12-13,19H,5-6,9,11H2,1-4H3,(H,20,22). The van der Waals surface area contributed by atoms with Gasteiger partial charge in [-0.2, -0.15) is 0 Å². The lowest BCUT2D eigenvalue weighted by Crippen LogP contribution is -2.45. The molecule has 1 aliphatic heterocycles. The number of anilines is 2. The van der Waals surface area contributed by atoms with E-state index in [0.29, 0.717) is 23.0 Å². The van der Waals surface area contributed by atoms with Crippen LogP contribution in [0, 0.1) is 5.92 Å². The molecule has 1 heterocycles. The molecule has 2 unspecified atom stereocenters. The van der Waals surface area contributed by atoms with E-state index in [1.165, 1.54) is 13.3 Å². The molecule has 2 rings (SSSR count). The molecular formula is C18H27N3O3. The normalized spacial score (nSPS) is 18.7. The molecule has 1 aliphatic rings. The summed E-state index contributed by atoms with van der Waals surface area (Å²) in [5, 5.41) is 5.96. The van der Waals surface area contributed by atoms with Crippen molar-refractivity contribution in [3.63, 3.8) is 0 Å². The molecule has 132 valence electrons. The molecule has 0 spiro atoms. The highest BCUT2D eigenvalue weighted by atomic mass is 16.5. The Kier molecular flexibility index (Phi) is 6.06. The quantitative estimate of drug-likeness (QED) is 0.869. The molecule has 6 heteroatoms. The average molecular weight is 333 g/mol. The van der Waals surface area contributed by atoms with Crippen molar-refractivity contribution in [3.05, 3.63) is 18.2 Å². The number of ether oxygens (including phenoxy) is 1. The molecule has 0 aliphatic carbocycles. The van der Waals surface area contributed by atoms with Crippen LogP contribution in [0.15, 0.2) is 18.2 Å². The number of carbonyl (C=O) groups is 2. The molecule has 2 amide bonds. The summed E-state index contributed by atoms with van der Waals surface area (Å²) in [6.07, 6.45) is 2.24. The summed E-state index contributed by atoms with van der Waals surface area (Å²) in [5.74, 6) is 1.13. The maximum atomic E-state index is 12.7. The van der Waals surface area contributed by atoms with Gasteiger partial charge in [0, 0.05) is 25.7 Å². The first-order valence-corrected chi connectivity index (χ1v) is 8.41. The molecule has 1 aromatic carbocycles. The fourth-order valence-corrected chi connectivity index (χ4v) is 3.06. The lowest BCUT2D eigenvalue weighted by Gasteiger charge is -2.33. The van der Waals surface area contributed by atoms with Crippen LogP contribution in [-0.4, -0.2) is 43.0 Å². The van der Waals surface area contributed by atoms with Gasteiger partial charge in [0.25, 0.3) is 0 Å². The summed E-state index contributed by atoms with van der Waals surface area (Å²) in [7, 11) is 1.58. The Labute approximate surface area is 143 Å². The van der Waals surface area contributed by atoms with E-state index >= 15 is 0 Å². The van der Waals surface area contributed by atoms with Crippen LogP contribution in [0.4, 0.5) is 11.4 Å². The van der Waals surface area contributed by atoms with E-state index < -0.39 is 0 Å². The highest BCUT2D eigenvalue weighted by molar-refractivity contribution is 5.90. The number of likely N-dealkylation sites (tertiary alicyclic amines) is 1. The molecule has 2 N–H and O–H groups in total. The van der Waals surface area contributed by atoms with E-state index in [0.717, 1.165) is 19.5 Å². The number of nitrogens with zero attached hydrogens (tertiary/aromatic N) is 1. The number of piperidine rings is 1. The zero-order chi connectivity index (χ0) is 17.7. The molecule has 24 heavy (non-hydrogen) atoms.